The van der Waals surface area contributed by atoms with Crippen LogP contribution in [0.4, 0.5) is 0 Å². The van der Waals surface area contributed by atoms with Gasteiger partial charge in [0.1, 0.15) is 5.75 Å². The molecule has 0 saturated carbocycles. The smallest absolute Gasteiger partial charge is 0.122 e. The number of para-hydroxylation sites is 1. The van der Waals surface area contributed by atoms with Crippen molar-refractivity contribution in [3.8, 4) is 5.75 Å². The summed E-state index contributed by atoms with van der Waals surface area (Å²) in [5.74, 6) is 1.83. The Labute approximate surface area is 145 Å². The summed E-state index contributed by atoms with van der Waals surface area (Å²) in [7, 11) is 0. The molecule has 0 aliphatic carbocycles. The lowest BCUT2D eigenvalue weighted by atomic mass is 9.94. The molecule has 3 aliphatic heterocycles. The number of rotatable bonds is 3. The molecule has 2 saturated heterocycles. The lowest BCUT2D eigenvalue weighted by molar-refractivity contribution is -0.000454. The number of hydrogen-bond donors (Lipinski definition) is 0. The molecule has 0 amide bonds. The predicted molar refractivity (Wildman–Crippen MR) is 95.6 cm³/mol. The molecule has 0 spiro atoms. The van der Waals surface area contributed by atoms with E-state index in [9.17, 15) is 0 Å². The molecule has 0 N–H and O–H groups in total. The van der Waals surface area contributed by atoms with Gasteiger partial charge in [-0.3, -0.25) is 4.90 Å². The first-order valence-corrected chi connectivity index (χ1v) is 9.63. The highest BCUT2D eigenvalue weighted by molar-refractivity contribution is 5.34. The van der Waals surface area contributed by atoms with Crippen LogP contribution in [0.5, 0.6) is 5.75 Å². The second-order valence-electron chi connectivity index (χ2n) is 7.50. The number of hydrogen-bond acceptors (Lipinski definition) is 4. The van der Waals surface area contributed by atoms with Crippen LogP contribution < -0.4 is 4.74 Å². The summed E-state index contributed by atoms with van der Waals surface area (Å²) >= 11 is 0. The third kappa shape index (κ3) is 3.93. The van der Waals surface area contributed by atoms with Crippen LogP contribution in [0.25, 0.3) is 0 Å². The zero-order chi connectivity index (χ0) is 16.2. The molecular weight excluding hydrogens is 300 g/mol. The Hall–Kier alpha value is -1.10. The van der Waals surface area contributed by atoms with Crippen LogP contribution in [0.1, 0.15) is 24.8 Å². The van der Waals surface area contributed by atoms with E-state index in [1.54, 1.807) is 0 Å². The second-order valence-corrected chi connectivity index (χ2v) is 7.50. The number of fused-ring (bicyclic) bond motifs is 1. The molecule has 4 heteroatoms. The van der Waals surface area contributed by atoms with Crippen molar-refractivity contribution >= 4 is 0 Å². The summed E-state index contributed by atoms with van der Waals surface area (Å²) in [4.78, 5) is 5.34. The quantitative estimate of drug-likeness (QED) is 0.850. The first kappa shape index (κ1) is 16.4. The van der Waals surface area contributed by atoms with Crippen LogP contribution in [-0.4, -0.2) is 68.4 Å². The molecule has 3 heterocycles. The van der Waals surface area contributed by atoms with Crippen molar-refractivity contribution in [1.29, 1.82) is 0 Å². The second kappa shape index (κ2) is 7.85. The molecule has 4 rings (SSSR count). The summed E-state index contributed by atoms with van der Waals surface area (Å²) in [6, 6.07) is 9.35. The maximum atomic E-state index is 5.93. The largest absolute Gasteiger partial charge is 0.493 e. The molecule has 3 aliphatic rings. The normalized spacial score (nSPS) is 27.2. The van der Waals surface area contributed by atoms with Crippen LogP contribution in [0, 0.1) is 5.92 Å². The number of likely N-dealkylation sites (tertiary alicyclic amines) is 1. The minimum absolute atomic E-state index is 0.730. The number of nitrogens with zero attached hydrogens (tertiary/aromatic N) is 2. The van der Waals surface area contributed by atoms with Gasteiger partial charge < -0.3 is 14.4 Å². The van der Waals surface area contributed by atoms with Crippen molar-refractivity contribution in [3.05, 3.63) is 29.8 Å². The summed E-state index contributed by atoms with van der Waals surface area (Å²) in [6.07, 6.45) is 4.98. The van der Waals surface area contributed by atoms with Crippen LogP contribution in [0.15, 0.2) is 24.3 Å². The Bertz CT molecular complexity index is 522. The van der Waals surface area contributed by atoms with Crippen molar-refractivity contribution in [3.63, 3.8) is 0 Å². The van der Waals surface area contributed by atoms with Gasteiger partial charge in [0, 0.05) is 25.7 Å². The number of benzene rings is 1. The Morgan fingerprint density at radius 2 is 1.71 bits per heavy atom. The summed E-state index contributed by atoms with van der Waals surface area (Å²) < 4.78 is 11.4. The molecule has 0 unspecified atom stereocenters. The van der Waals surface area contributed by atoms with Gasteiger partial charge in [-0.1, -0.05) is 18.2 Å². The van der Waals surface area contributed by atoms with Gasteiger partial charge in [-0.25, -0.2) is 0 Å². The highest BCUT2D eigenvalue weighted by atomic mass is 16.5. The molecular formula is C20H30N2O2. The van der Waals surface area contributed by atoms with Gasteiger partial charge in [0.2, 0.25) is 0 Å². The fourth-order valence-corrected chi connectivity index (χ4v) is 4.49. The fourth-order valence-electron chi connectivity index (χ4n) is 4.49. The molecule has 2 fully saturated rings. The van der Waals surface area contributed by atoms with Crippen molar-refractivity contribution in [2.45, 2.75) is 31.7 Å². The van der Waals surface area contributed by atoms with E-state index in [1.165, 1.54) is 50.9 Å². The lowest BCUT2D eigenvalue weighted by Crippen LogP contribution is -2.49. The zero-order valence-electron chi connectivity index (χ0n) is 14.7. The number of piperidine rings is 1. The Balaban J connectivity index is 1.28. The maximum Gasteiger partial charge on any atom is 0.122 e. The monoisotopic (exact) mass is 330 g/mol. The van der Waals surface area contributed by atoms with Crippen LogP contribution in [0.2, 0.25) is 0 Å². The minimum Gasteiger partial charge on any atom is -0.493 e. The molecule has 0 aromatic heterocycles. The van der Waals surface area contributed by atoms with E-state index in [1.807, 2.05) is 0 Å². The van der Waals surface area contributed by atoms with Crippen molar-refractivity contribution < 1.29 is 9.47 Å². The zero-order valence-corrected chi connectivity index (χ0v) is 14.7. The van der Waals surface area contributed by atoms with Gasteiger partial charge in [-0.2, -0.15) is 0 Å². The molecule has 24 heavy (non-hydrogen) atoms. The van der Waals surface area contributed by atoms with Crippen LogP contribution >= 0.6 is 0 Å². The molecule has 1 aromatic carbocycles. The molecule has 0 bridgehead atoms. The van der Waals surface area contributed by atoms with E-state index in [4.69, 9.17) is 9.47 Å². The van der Waals surface area contributed by atoms with Gasteiger partial charge in [0.15, 0.2) is 0 Å². The van der Waals surface area contributed by atoms with E-state index in [2.05, 4.69) is 34.1 Å². The summed E-state index contributed by atoms with van der Waals surface area (Å²) in [6.45, 7) is 8.69. The minimum atomic E-state index is 0.730. The van der Waals surface area contributed by atoms with Gasteiger partial charge in [0.25, 0.3) is 0 Å². The van der Waals surface area contributed by atoms with Crippen molar-refractivity contribution in [2.24, 2.45) is 5.92 Å². The highest BCUT2D eigenvalue weighted by Gasteiger charge is 2.27. The van der Waals surface area contributed by atoms with Crippen molar-refractivity contribution in [1.82, 2.24) is 9.80 Å². The molecule has 1 aromatic rings. The topological polar surface area (TPSA) is 24.9 Å². The maximum absolute atomic E-state index is 5.93. The van der Waals surface area contributed by atoms with E-state index in [0.717, 1.165) is 50.6 Å². The average Bonchev–Trinajstić information content (AvgIpc) is 2.85. The average molecular weight is 330 g/mol. The van der Waals surface area contributed by atoms with Crippen molar-refractivity contribution in [2.75, 3.05) is 52.5 Å². The fraction of sp³-hybridized carbons (Fsp3) is 0.700. The summed E-state index contributed by atoms with van der Waals surface area (Å²) in [5.41, 5.74) is 1.39. The van der Waals surface area contributed by atoms with Crippen LogP contribution in [-0.2, 0) is 11.2 Å². The van der Waals surface area contributed by atoms with Crippen LogP contribution in [0.3, 0.4) is 0 Å². The van der Waals surface area contributed by atoms with E-state index >= 15 is 0 Å². The van der Waals surface area contributed by atoms with Gasteiger partial charge >= 0.3 is 0 Å². The third-order valence-corrected chi connectivity index (χ3v) is 5.90. The molecule has 132 valence electrons. The Kier molecular flexibility index (Phi) is 5.36. The van der Waals surface area contributed by atoms with Gasteiger partial charge in [0.05, 0.1) is 19.8 Å². The van der Waals surface area contributed by atoms with E-state index in [-0.39, 0.29) is 0 Å². The first-order valence-electron chi connectivity index (χ1n) is 9.63. The van der Waals surface area contributed by atoms with E-state index in [0.29, 0.717) is 0 Å². The van der Waals surface area contributed by atoms with Gasteiger partial charge in [-0.05, 0) is 56.3 Å². The Morgan fingerprint density at radius 1 is 0.917 bits per heavy atom. The Morgan fingerprint density at radius 3 is 2.54 bits per heavy atom. The number of ether oxygens (including phenoxy) is 2. The molecule has 0 radical (unpaired) electrons. The first-order chi connectivity index (χ1) is 11.9. The van der Waals surface area contributed by atoms with E-state index < -0.39 is 0 Å². The predicted octanol–water partition coefficient (Wildman–Crippen LogP) is 2.42. The lowest BCUT2D eigenvalue weighted by Gasteiger charge is -2.40. The van der Waals surface area contributed by atoms with Gasteiger partial charge in [-0.15, -0.1) is 0 Å². The third-order valence-electron chi connectivity index (χ3n) is 5.90. The SMILES string of the molecule is c1ccc2c(c1)C[C@@H](CN1CCC(N3CCOCC3)CC1)CCO2. The number of morpholine rings is 1. The molecule has 1 atom stereocenters. The summed E-state index contributed by atoms with van der Waals surface area (Å²) in [5, 5.41) is 0. The molecule has 4 nitrogen and oxygen atoms in total. The standard InChI is InChI=1S/C20H30N2O2/c1-2-4-20-18(3-1)15-17(7-12-24-20)16-21-8-5-19(6-9-21)22-10-13-23-14-11-22/h1-4,17,19H,5-16H2/t17-/m0/s1. The highest BCUT2D eigenvalue weighted by Crippen LogP contribution is 2.28.